The first kappa shape index (κ1) is 23.2. The third-order valence-electron chi connectivity index (χ3n) is 5.46. The minimum Gasteiger partial charge on any atom is -0.493 e. The van der Waals surface area contributed by atoms with Gasteiger partial charge in [-0.05, 0) is 58.6 Å². The molecule has 6 heteroatoms. The van der Waals surface area contributed by atoms with E-state index in [1.54, 1.807) is 18.2 Å². The summed E-state index contributed by atoms with van der Waals surface area (Å²) in [6, 6.07) is 6.68. The van der Waals surface area contributed by atoms with Gasteiger partial charge < -0.3 is 15.4 Å². The van der Waals surface area contributed by atoms with Crippen molar-refractivity contribution in [2.45, 2.75) is 72.0 Å². The van der Waals surface area contributed by atoms with Gasteiger partial charge in [-0.25, -0.2) is 0 Å². The molecule has 0 saturated carbocycles. The highest BCUT2D eigenvalue weighted by molar-refractivity contribution is 5.99. The van der Waals surface area contributed by atoms with E-state index < -0.39 is 6.04 Å². The normalized spacial score (nSPS) is 17.1. The molecule has 29 heavy (non-hydrogen) atoms. The molecular weight excluding hydrogens is 366 g/mol. The van der Waals surface area contributed by atoms with Crippen molar-refractivity contribution in [3.63, 3.8) is 0 Å². The number of carbonyl (C=O) groups is 2. The molecule has 1 heterocycles. The Morgan fingerprint density at radius 2 is 1.79 bits per heavy atom. The predicted molar refractivity (Wildman–Crippen MR) is 116 cm³/mol. The van der Waals surface area contributed by atoms with E-state index in [0.29, 0.717) is 17.9 Å². The van der Waals surface area contributed by atoms with Crippen molar-refractivity contribution in [1.82, 2.24) is 15.5 Å². The fourth-order valence-electron chi connectivity index (χ4n) is 3.68. The fourth-order valence-corrected chi connectivity index (χ4v) is 3.68. The van der Waals surface area contributed by atoms with Crippen LogP contribution in [-0.4, -0.2) is 54.0 Å². The average molecular weight is 404 g/mol. The second-order valence-electron chi connectivity index (χ2n) is 9.07. The number of nitrogens with zero attached hydrogens (tertiary/aromatic N) is 1. The Hall–Kier alpha value is -2.08. The van der Waals surface area contributed by atoms with E-state index in [0.717, 1.165) is 25.9 Å². The molecule has 0 aliphatic carbocycles. The van der Waals surface area contributed by atoms with Crippen molar-refractivity contribution in [1.29, 1.82) is 0 Å². The van der Waals surface area contributed by atoms with Crippen molar-refractivity contribution < 1.29 is 14.3 Å². The smallest absolute Gasteiger partial charge is 0.255 e. The minimum atomic E-state index is -0.585. The summed E-state index contributed by atoms with van der Waals surface area (Å²) in [5.74, 6) is 0.111. The molecular formula is C23H37N3O3. The van der Waals surface area contributed by atoms with Gasteiger partial charge in [-0.2, -0.15) is 0 Å². The number of amides is 2. The van der Waals surface area contributed by atoms with Crippen LogP contribution in [0.4, 0.5) is 0 Å². The Kier molecular flexibility index (Phi) is 8.08. The Morgan fingerprint density at radius 3 is 2.34 bits per heavy atom. The van der Waals surface area contributed by atoms with Gasteiger partial charge in [0.05, 0.1) is 12.2 Å². The first-order valence-electron chi connectivity index (χ1n) is 10.7. The lowest BCUT2D eigenvalue weighted by atomic mass is 9.97. The Bertz CT molecular complexity index is 689. The highest BCUT2D eigenvalue weighted by atomic mass is 16.5. The second-order valence-corrected chi connectivity index (χ2v) is 9.07. The van der Waals surface area contributed by atoms with E-state index in [2.05, 4.69) is 36.3 Å². The number of nitrogens with one attached hydrogen (secondary N) is 2. The predicted octanol–water partition coefficient (Wildman–Crippen LogP) is 3.22. The van der Waals surface area contributed by atoms with Crippen LogP contribution in [0.3, 0.4) is 0 Å². The largest absolute Gasteiger partial charge is 0.493 e. The lowest BCUT2D eigenvalue weighted by Gasteiger charge is -2.41. The van der Waals surface area contributed by atoms with E-state index in [1.807, 2.05) is 26.8 Å². The minimum absolute atomic E-state index is 0.0205. The van der Waals surface area contributed by atoms with Gasteiger partial charge in [0, 0.05) is 24.7 Å². The molecule has 0 aromatic heterocycles. The molecule has 162 valence electrons. The summed E-state index contributed by atoms with van der Waals surface area (Å²) >= 11 is 0. The molecule has 1 unspecified atom stereocenters. The molecule has 2 amide bonds. The number of hydrogen-bond donors (Lipinski definition) is 2. The number of benzene rings is 1. The molecule has 0 bridgehead atoms. The molecule has 2 rings (SSSR count). The lowest BCUT2D eigenvalue weighted by Crippen LogP contribution is -2.55. The third-order valence-corrected chi connectivity index (χ3v) is 5.46. The fraction of sp³-hybridized carbons (Fsp3) is 0.652. The van der Waals surface area contributed by atoms with Gasteiger partial charge in [0.25, 0.3) is 5.91 Å². The number of ether oxygens (including phenoxy) is 1. The van der Waals surface area contributed by atoms with Crippen LogP contribution >= 0.6 is 0 Å². The first-order valence-corrected chi connectivity index (χ1v) is 10.7. The summed E-state index contributed by atoms with van der Waals surface area (Å²) in [5.41, 5.74) is 0.600. The van der Waals surface area contributed by atoms with Crippen molar-refractivity contribution in [2.75, 3.05) is 19.7 Å². The molecule has 6 nitrogen and oxygen atoms in total. The molecule has 1 saturated heterocycles. The van der Waals surface area contributed by atoms with Crippen molar-refractivity contribution in [3.05, 3.63) is 29.8 Å². The lowest BCUT2D eigenvalue weighted by molar-refractivity contribution is -0.125. The third kappa shape index (κ3) is 6.46. The van der Waals surface area contributed by atoms with Gasteiger partial charge >= 0.3 is 0 Å². The molecule has 0 spiro atoms. The number of likely N-dealkylation sites (tertiary alicyclic amines) is 1. The number of rotatable bonds is 7. The quantitative estimate of drug-likeness (QED) is 0.733. The molecule has 1 fully saturated rings. The summed E-state index contributed by atoms with van der Waals surface area (Å²) in [6.07, 6.45) is 1.85. The molecule has 1 aromatic rings. The standard InChI is InChI=1S/C23H37N3O3/c1-7-29-19-11-9-8-10-18(19)21(27)25-20(16(2)3)22(28)24-17-12-14-26(15-13-17)23(4,5)6/h8-11,16-17,20H,7,12-15H2,1-6H3,(H,24,28)(H,25,27). The van der Waals surface area contributed by atoms with E-state index in [9.17, 15) is 9.59 Å². The topological polar surface area (TPSA) is 70.7 Å². The van der Waals surface area contributed by atoms with Crippen LogP contribution in [0.15, 0.2) is 24.3 Å². The number of para-hydroxylation sites is 1. The van der Waals surface area contributed by atoms with Gasteiger partial charge in [0.2, 0.25) is 5.91 Å². The number of carbonyl (C=O) groups excluding carboxylic acids is 2. The van der Waals surface area contributed by atoms with E-state index >= 15 is 0 Å². The van der Waals surface area contributed by atoms with Crippen LogP contribution < -0.4 is 15.4 Å². The van der Waals surface area contributed by atoms with Crippen molar-refractivity contribution in [3.8, 4) is 5.75 Å². The Morgan fingerprint density at radius 1 is 1.17 bits per heavy atom. The summed E-state index contributed by atoms with van der Waals surface area (Å²) in [6.45, 7) is 14.8. The van der Waals surface area contributed by atoms with E-state index in [-0.39, 0.29) is 29.3 Å². The van der Waals surface area contributed by atoms with Crippen molar-refractivity contribution >= 4 is 11.8 Å². The maximum atomic E-state index is 12.9. The molecule has 2 N–H and O–H groups in total. The molecule has 1 aromatic carbocycles. The highest BCUT2D eigenvalue weighted by Gasteiger charge is 2.31. The van der Waals surface area contributed by atoms with Gasteiger partial charge in [0.15, 0.2) is 0 Å². The zero-order chi connectivity index (χ0) is 21.6. The van der Waals surface area contributed by atoms with E-state index in [1.165, 1.54) is 0 Å². The van der Waals surface area contributed by atoms with Gasteiger partial charge in [-0.3, -0.25) is 14.5 Å². The maximum Gasteiger partial charge on any atom is 0.255 e. The van der Waals surface area contributed by atoms with Crippen LogP contribution in [-0.2, 0) is 4.79 Å². The van der Waals surface area contributed by atoms with Crippen LogP contribution in [0.25, 0.3) is 0 Å². The van der Waals surface area contributed by atoms with Gasteiger partial charge in [-0.1, -0.05) is 26.0 Å². The summed E-state index contributed by atoms with van der Waals surface area (Å²) < 4.78 is 5.55. The Labute approximate surface area is 175 Å². The molecule has 1 aliphatic rings. The number of piperidine rings is 1. The van der Waals surface area contributed by atoms with Crippen LogP contribution in [0.5, 0.6) is 5.75 Å². The van der Waals surface area contributed by atoms with E-state index in [4.69, 9.17) is 4.74 Å². The van der Waals surface area contributed by atoms with Crippen molar-refractivity contribution in [2.24, 2.45) is 5.92 Å². The Balaban J connectivity index is 1.99. The monoisotopic (exact) mass is 403 g/mol. The van der Waals surface area contributed by atoms with Gasteiger partial charge in [-0.15, -0.1) is 0 Å². The zero-order valence-electron chi connectivity index (χ0n) is 18.7. The molecule has 1 atom stereocenters. The van der Waals surface area contributed by atoms with Crippen LogP contribution in [0, 0.1) is 5.92 Å². The van der Waals surface area contributed by atoms with Crippen LogP contribution in [0.1, 0.15) is 64.7 Å². The summed E-state index contributed by atoms with van der Waals surface area (Å²) in [7, 11) is 0. The highest BCUT2D eigenvalue weighted by Crippen LogP contribution is 2.21. The molecule has 0 radical (unpaired) electrons. The average Bonchev–Trinajstić information content (AvgIpc) is 2.66. The van der Waals surface area contributed by atoms with Gasteiger partial charge in [0.1, 0.15) is 11.8 Å². The summed E-state index contributed by atoms with van der Waals surface area (Å²) in [5, 5.41) is 6.07. The molecule has 1 aliphatic heterocycles. The maximum absolute atomic E-state index is 12.9. The number of hydrogen-bond acceptors (Lipinski definition) is 4. The SMILES string of the molecule is CCOc1ccccc1C(=O)NC(C(=O)NC1CCN(C(C)(C)C)CC1)C(C)C. The first-order chi connectivity index (χ1) is 13.6. The zero-order valence-corrected chi connectivity index (χ0v) is 18.7. The second kappa shape index (κ2) is 10.1. The van der Waals surface area contributed by atoms with Crippen LogP contribution in [0.2, 0.25) is 0 Å². The summed E-state index contributed by atoms with van der Waals surface area (Å²) in [4.78, 5) is 28.2.